The van der Waals surface area contributed by atoms with Gasteiger partial charge in [0, 0.05) is 18.3 Å². The van der Waals surface area contributed by atoms with Crippen molar-refractivity contribution in [3.8, 4) is 0 Å². The van der Waals surface area contributed by atoms with Crippen molar-refractivity contribution in [3.63, 3.8) is 0 Å². The minimum Gasteiger partial charge on any atom is -0.272 e. The first kappa shape index (κ1) is 15.7. The van der Waals surface area contributed by atoms with Crippen LogP contribution in [0.2, 0.25) is 0 Å². The molecule has 114 valence electrons. The number of nitrogens with one attached hydrogen (secondary N) is 1. The van der Waals surface area contributed by atoms with Gasteiger partial charge in [-0.25, -0.2) is 5.43 Å². The van der Waals surface area contributed by atoms with E-state index in [0.29, 0.717) is 0 Å². The molecule has 4 heteroatoms. The molecule has 0 aliphatic carbocycles. The quantitative estimate of drug-likeness (QED) is 0.656. The van der Waals surface area contributed by atoms with Gasteiger partial charge in [-0.05, 0) is 23.0 Å². The molecule has 0 spiro atoms. The molecule has 4 nitrogen and oxygen atoms in total. The Balaban J connectivity index is 2.41. The van der Waals surface area contributed by atoms with Crippen LogP contribution in [0.1, 0.15) is 56.8 Å². The molecule has 2 aromatic rings. The number of hydrazine groups is 1. The largest absolute Gasteiger partial charge is 0.272 e. The van der Waals surface area contributed by atoms with Crippen molar-refractivity contribution >= 4 is 0 Å². The summed E-state index contributed by atoms with van der Waals surface area (Å²) < 4.78 is 1.97. The molecule has 1 unspecified atom stereocenters. The zero-order valence-electron chi connectivity index (χ0n) is 13.4. The van der Waals surface area contributed by atoms with Crippen LogP contribution in [0.4, 0.5) is 0 Å². The third-order valence-corrected chi connectivity index (χ3v) is 3.69. The minimum absolute atomic E-state index is 0.0361. The van der Waals surface area contributed by atoms with Gasteiger partial charge in [0.25, 0.3) is 0 Å². The van der Waals surface area contributed by atoms with Crippen molar-refractivity contribution in [2.75, 3.05) is 0 Å². The Hall–Kier alpha value is -1.65. The summed E-state index contributed by atoms with van der Waals surface area (Å²) in [5, 5.41) is 4.41. The molecule has 1 aromatic heterocycles. The molecule has 2 rings (SSSR count). The number of nitrogens with two attached hydrogens (primary N) is 1. The highest BCUT2D eigenvalue weighted by atomic mass is 15.3. The van der Waals surface area contributed by atoms with E-state index < -0.39 is 0 Å². The lowest BCUT2D eigenvalue weighted by atomic mass is 9.81. The van der Waals surface area contributed by atoms with Crippen LogP contribution in [-0.2, 0) is 12.0 Å². The molecule has 0 radical (unpaired) electrons. The Labute approximate surface area is 127 Å². The molecule has 0 saturated heterocycles. The maximum atomic E-state index is 5.85. The second-order valence-corrected chi connectivity index (χ2v) is 6.47. The summed E-state index contributed by atoms with van der Waals surface area (Å²) in [6.45, 7) is 9.74. The highest BCUT2D eigenvalue weighted by Crippen LogP contribution is 2.32. The average molecular weight is 286 g/mol. The molecule has 0 bridgehead atoms. The van der Waals surface area contributed by atoms with Gasteiger partial charge in [-0.1, -0.05) is 52.0 Å². The van der Waals surface area contributed by atoms with Crippen LogP contribution in [0.5, 0.6) is 0 Å². The fourth-order valence-corrected chi connectivity index (χ4v) is 2.68. The van der Waals surface area contributed by atoms with Crippen molar-refractivity contribution in [1.82, 2.24) is 15.2 Å². The Bertz CT molecular complexity index is 580. The third-order valence-electron chi connectivity index (χ3n) is 3.69. The van der Waals surface area contributed by atoms with Gasteiger partial charge in [-0.15, -0.1) is 0 Å². The van der Waals surface area contributed by atoms with E-state index in [9.17, 15) is 0 Å². The Kier molecular flexibility index (Phi) is 4.80. The highest BCUT2D eigenvalue weighted by Gasteiger charge is 2.23. The molecule has 3 N–H and O–H groups in total. The van der Waals surface area contributed by atoms with Crippen LogP contribution in [0.25, 0.3) is 0 Å². The molecule has 0 saturated carbocycles. The van der Waals surface area contributed by atoms with E-state index in [1.807, 2.05) is 10.9 Å². The van der Waals surface area contributed by atoms with Crippen molar-refractivity contribution < 1.29 is 0 Å². The predicted octanol–water partition coefficient (Wildman–Crippen LogP) is 3.14. The van der Waals surface area contributed by atoms with E-state index in [-0.39, 0.29) is 11.5 Å². The van der Waals surface area contributed by atoms with Crippen LogP contribution < -0.4 is 11.3 Å². The number of nitrogens with zero attached hydrogens (tertiary/aromatic N) is 2. The molecule has 1 atom stereocenters. The Morgan fingerprint density at radius 3 is 2.62 bits per heavy atom. The van der Waals surface area contributed by atoms with E-state index in [1.54, 1.807) is 0 Å². The molecule has 21 heavy (non-hydrogen) atoms. The molecule has 0 fully saturated rings. The number of aromatic nitrogens is 2. The molecular weight excluding hydrogens is 260 g/mol. The average Bonchev–Trinajstić information content (AvgIpc) is 2.88. The first-order valence-electron chi connectivity index (χ1n) is 7.55. The van der Waals surface area contributed by atoms with E-state index in [2.05, 4.69) is 68.7 Å². The standard InChI is InChI=1S/C17H26N4/c1-5-10-21-12-13(11-19-21)16(20-18)14-8-6-7-9-15(14)17(2,3)4/h6-9,11-12,16,20H,5,10,18H2,1-4H3. The minimum atomic E-state index is -0.0361. The SMILES string of the molecule is CCCn1cc(C(NN)c2ccccc2C(C)(C)C)cn1. The second-order valence-electron chi connectivity index (χ2n) is 6.47. The molecule has 0 aliphatic rings. The van der Waals surface area contributed by atoms with Gasteiger partial charge in [0.2, 0.25) is 0 Å². The monoisotopic (exact) mass is 286 g/mol. The summed E-state index contributed by atoms with van der Waals surface area (Å²) in [5.41, 5.74) is 6.64. The maximum Gasteiger partial charge on any atom is 0.0743 e. The zero-order chi connectivity index (χ0) is 15.5. The van der Waals surface area contributed by atoms with E-state index in [0.717, 1.165) is 18.5 Å². The number of hydrogen-bond acceptors (Lipinski definition) is 3. The molecule has 0 amide bonds. The number of aryl methyl sites for hydroxylation is 1. The summed E-state index contributed by atoms with van der Waals surface area (Å²) in [7, 11) is 0. The van der Waals surface area contributed by atoms with E-state index in [4.69, 9.17) is 5.84 Å². The van der Waals surface area contributed by atoms with Crippen molar-refractivity contribution in [3.05, 3.63) is 53.3 Å². The van der Waals surface area contributed by atoms with Gasteiger partial charge in [-0.2, -0.15) is 5.10 Å². The van der Waals surface area contributed by atoms with Gasteiger partial charge in [-0.3, -0.25) is 10.5 Å². The van der Waals surface area contributed by atoms with Crippen LogP contribution >= 0.6 is 0 Å². The predicted molar refractivity (Wildman–Crippen MR) is 86.8 cm³/mol. The fraction of sp³-hybridized carbons (Fsp3) is 0.471. The Morgan fingerprint density at radius 2 is 2.00 bits per heavy atom. The zero-order valence-corrected chi connectivity index (χ0v) is 13.4. The number of benzene rings is 1. The lowest BCUT2D eigenvalue weighted by Crippen LogP contribution is -2.31. The van der Waals surface area contributed by atoms with Crippen LogP contribution in [-0.4, -0.2) is 9.78 Å². The van der Waals surface area contributed by atoms with Crippen LogP contribution in [0, 0.1) is 0 Å². The lowest BCUT2D eigenvalue weighted by Gasteiger charge is -2.26. The smallest absolute Gasteiger partial charge is 0.0743 e. The second kappa shape index (κ2) is 6.41. The third kappa shape index (κ3) is 3.52. The molecule has 0 aliphatic heterocycles. The topological polar surface area (TPSA) is 55.9 Å². The molecular formula is C17H26N4. The maximum absolute atomic E-state index is 5.85. The molecule has 1 aromatic carbocycles. The van der Waals surface area contributed by atoms with Gasteiger partial charge in [0.1, 0.15) is 0 Å². The van der Waals surface area contributed by atoms with Crippen LogP contribution in [0.15, 0.2) is 36.7 Å². The summed E-state index contributed by atoms with van der Waals surface area (Å²) in [6.07, 6.45) is 5.05. The summed E-state index contributed by atoms with van der Waals surface area (Å²) in [5.74, 6) is 5.85. The molecule has 1 heterocycles. The van der Waals surface area contributed by atoms with Crippen LogP contribution in [0.3, 0.4) is 0 Å². The van der Waals surface area contributed by atoms with Gasteiger partial charge >= 0.3 is 0 Å². The number of rotatable bonds is 5. The van der Waals surface area contributed by atoms with Crippen molar-refractivity contribution in [2.24, 2.45) is 5.84 Å². The number of hydrogen-bond donors (Lipinski definition) is 2. The fourth-order valence-electron chi connectivity index (χ4n) is 2.68. The summed E-state index contributed by atoms with van der Waals surface area (Å²) in [6, 6.07) is 8.42. The van der Waals surface area contributed by atoms with Gasteiger partial charge in [0.05, 0.1) is 12.2 Å². The van der Waals surface area contributed by atoms with Crippen molar-refractivity contribution in [2.45, 2.75) is 52.1 Å². The van der Waals surface area contributed by atoms with Crippen molar-refractivity contribution in [1.29, 1.82) is 0 Å². The lowest BCUT2D eigenvalue weighted by molar-refractivity contribution is 0.556. The summed E-state index contributed by atoms with van der Waals surface area (Å²) in [4.78, 5) is 0. The highest BCUT2D eigenvalue weighted by molar-refractivity contribution is 5.39. The van der Waals surface area contributed by atoms with E-state index in [1.165, 1.54) is 11.1 Å². The van der Waals surface area contributed by atoms with Gasteiger partial charge in [0.15, 0.2) is 0 Å². The van der Waals surface area contributed by atoms with Gasteiger partial charge < -0.3 is 0 Å². The first-order chi connectivity index (χ1) is 9.97. The summed E-state index contributed by atoms with van der Waals surface area (Å²) >= 11 is 0. The first-order valence-corrected chi connectivity index (χ1v) is 7.55. The van der Waals surface area contributed by atoms with E-state index >= 15 is 0 Å². The normalized spacial score (nSPS) is 13.4. The Morgan fingerprint density at radius 1 is 1.29 bits per heavy atom.